The summed E-state index contributed by atoms with van der Waals surface area (Å²) in [7, 11) is 0. The van der Waals surface area contributed by atoms with E-state index in [0.717, 1.165) is 18.4 Å². The average molecular weight is 205 g/mol. The van der Waals surface area contributed by atoms with Crippen LogP contribution in [-0.2, 0) is 4.74 Å². The fraction of sp³-hybridized carbons (Fsp3) is 1.00. The van der Waals surface area contributed by atoms with E-state index in [1.54, 1.807) is 0 Å². The van der Waals surface area contributed by atoms with Gasteiger partial charge in [-0.05, 0) is 30.6 Å². The molecule has 0 radical (unpaired) electrons. The fourth-order valence-corrected chi connectivity index (χ4v) is 2.34. The van der Waals surface area contributed by atoms with E-state index in [0.29, 0.717) is 5.92 Å². The minimum Gasteiger partial charge on any atom is -0.362 e. The van der Waals surface area contributed by atoms with E-state index in [9.17, 15) is 0 Å². The van der Waals surface area contributed by atoms with E-state index in [1.165, 1.54) is 19.3 Å². The molecule has 1 aliphatic heterocycles. The summed E-state index contributed by atoms with van der Waals surface area (Å²) in [5, 5.41) is 0. The zero-order valence-corrected chi connectivity index (χ0v) is 9.68. The van der Waals surface area contributed by atoms with Crippen LogP contribution in [0.25, 0.3) is 0 Å². The lowest BCUT2D eigenvalue weighted by atomic mass is 9.86. The summed E-state index contributed by atoms with van der Waals surface area (Å²) in [5.41, 5.74) is -0.0369. The first-order chi connectivity index (χ1) is 6.13. The Morgan fingerprint density at radius 1 is 1.46 bits per heavy atom. The van der Waals surface area contributed by atoms with Crippen LogP contribution in [0.4, 0.5) is 0 Å². The van der Waals surface area contributed by atoms with Crippen molar-refractivity contribution in [2.75, 3.05) is 6.61 Å². The van der Waals surface area contributed by atoms with Crippen LogP contribution in [0, 0.1) is 17.8 Å². The number of alkyl halides is 1. The third-order valence-corrected chi connectivity index (χ3v) is 3.33. The molecule has 1 heterocycles. The second-order valence-electron chi connectivity index (χ2n) is 4.58. The maximum atomic E-state index is 6.13. The van der Waals surface area contributed by atoms with Gasteiger partial charge in [-0.2, -0.15) is 0 Å². The first kappa shape index (κ1) is 11.3. The Labute approximate surface area is 86.8 Å². The third kappa shape index (κ3) is 3.47. The molecule has 0 aliphatic carbocycles. The second kappa shape index (κ2) is 5.21. The van der Waals surface area contributed by atoms with Gasteiger partial charge in [0.25, 0.3) is 0 Å². The molecule has 78 valence electrons. The van der Waals surface area contributed by atoms with Crippen molar-refractivity contribution in [2.45, 2.75) is 45.6 Å². The van der Waals surface area contributed by atoms with Gasteiger partial charge < -0.3 is 4.74 Å². The molecule has 0 spiro atoms. The van der Waals surface area contributed by atoms with E-state index in [4.69, 9.17) is 16.3 Å². The van der Waals surface area contributed by atoms with E-state index >= 15 is 0 Å². The first-order valence-corrected chi connectivity index (χ1v) is 5.82. The van der Waals surface area contributed by atoms with Crippen molar-refractivity contribution in [3.63, 3.8) is 0 Å². The number of halogens is 1. The van der Waals surface area contributed by atoms with Crippen LogP contribution in [0.1, 0.15) is 40.0 Å². The second-order valence-corrected chi connectivity index (χ2v) is 5.01. The minimum absolute atomic E-state index is 0.0369. The van der Waals surface area contributed by atoms with Crippen LogP contribution < -0.4 is 0 Å². The summed E-state index contributed by atoms with van der Waals surface area (Å²) in [6, 6.07) is 0. The highest BCUT2D eigenvalue weighted by Gasteiger charge is 2.29. The SMILES string of the molecule is CCC1COC(Cl)C(CC(C)C)C1. The maximum Gasteiger partial charge on any atom is 0.134 e. The molecule has 0 bridgehead atoms. The Bertz CT molecular complexity index is 147. The van der Waals surface area contributed by atoms with Gasteiger partial charge in [0.05, 0.1) is 6.61 Å². The zero-order chi connectivity index (χ0) is 9.84. The molecule has 1 nitrogen and oxygen atoms in total. The summed E-state index contributed by atoms with van der Waals surface area (Å²) in [6.45, 7) is 7.59. The molecule has 3 unspecified atom stereocenters. The monoisotopic (exact) mass is 204 g/mol. The molecule has 0 aromatic rings. The van der Waals surface area contributed by atoms with Crippen LogP contribution in [0.15, 0.2) is 0 Å². The van der Waals surface area contributed by atoms with Crippen molar-refractivity contribution in [3.05, 3.63) is 0 Å². The highest BCUT2D eigenvalue weighted by Crippen LogP contribution is 2.33. The summed E-state index contributed by atoms with van der Waals surface area (Å²) >= 11 is 6.13. The topological polar surface area (TPSA) is 9.23 Å². The zero-order valence-electron chi connectivity index (χ0n) is 8.92. The molecule has 2 heteroatoms. The molecular formula is C11H21ClO. The van der Waals surface area contributed by atoms with Gasteiger partial charge in [-0.3, -0.25) is 0 Å². The number of hydrogen-bond acceptors (Lipinski definition) is 1. The third-order valence-electron chi connectivity index (χ3n) is 2.85. The summed E-state index contributed by atoms with van der Waals surface area (Å²) < 4.78 is 5.56. The molecule has 0 aromatic carbocycles. The van der Waals surface area contributed by atoms with Crippen LogP contribution in [0.2, 0.25) is 0 Å². The molecule has 0 amide bonds. The predicted octanol–water partition coefficient (Wildman–Crippen LogP) is 3.66. The normalized spacial score (nSPS) is 35.3. The first-order valence-electron chi connectivity index (χ1n) is 5.39. The molecule has 1 fully saturated rings. The van der Waals surface area contributed by atoms with Crippen molar-refractivity contribution in [3.8, 4) is 0 Å². The standard InChI is InChI=1S/C11H21ClO/c1-4-9-6-10(5-8(2)3)11(12)13-7-9/h8-11H,4-7H2,1-3H3. The highest BCUT2D eigenvalue weighted by molar-refractivity contribution is 6.19. The maximum absolute atomic E-state index is 6.13. The van der Waals surface area contributed by atoms with Crippen molar-refractivity contribution in [2.24, 2.45) is 17.8 Å². The average Bonchev–Trinajstić information content (AvgIpc) is 2.08. The van der Waals surface area contributed by atoms with Crippen LogP contribution in [0.3, 0.4) is 0 Å². The van der Waals surface area contributed by atoms with Gasteiger partial charge in [0.1, 0.15) is 5.56 Å². The molecule has 1 saturated heterocycles. The van der Waals surface area contributed by atoms with E-state index in [-0.39, 0.29) is 5.56 Å². The van der Waals surface area contributed by atoms with E-state index < -0.39 is 0 Å². The van der Waals surface area contributed by atoms with Gasteiger partial charge in [0.2, 0.25) is 0 Å². The Balaban J connectivity index is 2.40. The van der Waals surface area contributed by atoms with Crippen LogP contribution in [0.5, 0.6) is 0 Å². The van der Waals surface area contributed by atoms with Crippen molar-refractivity contribution in [1.82, 2.24) is 0 Å². The largest absolute Gasteiger partial charge is 0.362 e. The van der Waals surface area contributed by atoms with E-state index in [2.05, 4.69) is 20.8 Å². The fourth-order valence-electron chi connectivity index (χ4n) is 2.06. The molecule has 0 aromatic heterocycles. The van der Waals surface area contributed by atoms with Gasteiger partial charge in [0, 0.05) is 0 Å². The Kier molecular flexibility index (Phi) is 4.54. The lowest BCUT2D eigenvalue weighted by molar-refractivity contribution is -0.0183. The summed E-state index contributed by atoms with van der Waals surface area (Å²) in [5.74, 6) is 2.03. The van der Waals surface area contributed by atoms with Crippen LogP contribution >= 0.6 is 11.6 Å². The van der Waals surface area contributed by atoms with Crippen molar-refractivity contribution in [1.29, 1.82) is 0 Å². The number of rotatable bonds is 3. The van der Waals surface area contributed by atoms with Gasteiger partial charge in [-0.25, -0.2) is 0 Å². The smallest absolute Gasteiger partial charge is 0.134 e. The van der Waals surface area contributed by atoms with Gasteiger partial charge in [0.15, 0.2) is 0 Å². The predicted molar refractivity (Wildman–Crippen MR) is 56.9 cm³/mol. The van der Waals surface area contributed by atoms with Crippen molar-refractivity contribution >= 4 is 11.6 Å². The number of hydrogen-bond donors (Lipinski definition) is 0. The summed E-state index contributed by atoms with van der Waals surface area (Å²) in [6.07, 6.45) is 3.67. The molecule has 3 atom stereocenters. The minimum atomic E-state index is -0.0369. The van der Waals surface area contributed by atoms with Gasteiger partial charge >= 0.3 is 0 Å². The Morgan fingerprint density at radius 3 is 2.69 bits per heavy atom. The van der Waals surface area contributed by atoms with Crippen LogP contribution in [-0.4, -0.2) is 12.2 Å². The Morgan fingerprint density at radius 2 is 2.15 bits per heavy atom. The quantitative estimate of drug-likeness (QED) is 0.638. The molecule has 0 saturated carbocycles. The molecule has 0 N–H and O–H groups in total. The molecule has 13 heavy (non-hydrogen) atoms. The lowest BCUT2D eigenvalue weighted by Crippen LogP contribution is -2.31. The summed E-state index contributed by atoms with van der Waals surface area (Å²) in [4.78, 5) is 0. The molecular weight excluding hydrogens is 184 g/mol. The number of ether oxygens (including phenoxy) is 1. The lowest BCUT2D eigenvalue weighted by Gasteiger charge is -2.33. The highest BCUT2D eigenvalue weighted by atomic mass is 35.5. The van der Waals surface area contributed by atoms with Gasteiger partial charge in [-0.15, -0.1) is 0 Å². The van der Waals surface area contributed by atoms with Crippen molar-refractivity contribution < 1.29 is 4.74 Å². The molecule has 1 aliphatic rings. The van der Waals surface area contributed by atoms with E-state index in [1.807, 2.05) is 0 Å². The Hall–Kier alpha value is 0.250. The molecule has 1 rings (SSSR count). The van der Waals surface area contributed by atoms with Gasteiger partial charge in [-0.1, -0.05) is 38.8 Å².